The van der Waals surface area contributed by atoms with Crippen LogP contribution in [-0.4, -0.2) is 7.11 Å². The largest absolute Gasteiger partial charge is 0.496 e. The minimum atomic E-state index is -0.163. The summed E-state index contributed by atoms with van der Waals surface area (Å²) in [6, 6.07) is 6.11. The summed E-state index contributed by atoms with van der Waals surface area (Å²) in [5.74, 6) is 0.978. The Bertz CT molecular complexity index is 336. The quantitative estimate of drug-likeness (QED) is 0.777. The van der Waals surface area contributed by atoms with Crippen molar-refractivity contribution >= 4 is 12.4 Å². The molecule has 2 N–H and O–H groups in total. The van der Waals surface area contributed by atoms with E-state index in [2.05, 4.69) is 13.0 Å². The van der Waals surface area contributed by atoms with E-state index >= 15 is 0 Å². The van der Waals surface area contributed by atoms with Gasteiger partial charge in [0.2, 0.25) is 0 Å². The van der Waals surface area contributed by atoms with Crippen LogP contribution in [0.25, 0.3) is 0 Å². The standard InChI is InChI=1S/C11H15NO.ClH/c1-11(12)7-6-8-9(11)4-3-5-10(8)13-2;/h3-5H,6-7,12H2,1-2H3;1H. The first kappa shape index (κ1) is 11.3. The smallest absolute Gasteiger partial charge is 0.122 e. The van der Waals surface area contributed by atoms with E-state index in [1.54, 1.807) is 7.11 Å². The highest BCUT2D eigenvalue weighted by Crippen LogP contribution is 2.38. The third-order valence-electron chi connectivity index (χ3n) is 2.86. The van der Waals surface area contributed by atoms with Gasteiger partial charge in [-0.2, -0.15) is 0 Å². The number of ether oxygens (including phenoxy) is 1. The van der Waals surface area contributed by atoms with Gasteiger partial charge in [-0.25, -0.2) is 0 Å². The highest BCUT2D eigenvalue weighted by Gasteiger charge is 2.31. The van der Waals surface area contributed by atoms with Crippen LogP contribution in [0.5, 0.6) is 5.75 Å². The Morgan fingerprint density at radius 1 is 1.43 bits per heavy atom. The molecule has 14 heavy (non-hydrogen) atoms. The van der Waals surface area contributed by atoms with Crippen molar-refractivity contribution < 1.29 is 4.74 Å². The van der Waals surface area contributed by atoms with Crippen molar-refractivity contribution in [2.24, 2.45) is 5.73 Å². The predicted molar refractivity (Wildman–Crippen MR) is 60.1 cm³/mol. The van der Waals surface area contributed by atoms with Crippen molar-refractivity contribution in [3.8, 4) is 5.75 Å². The summed E-state index contributed by atoms with van der Waals surface area (Å²) in [5.41, 5.74) is 8.52. The topological polar surface area (TPSA) is 35.2 Å². The second-order valence-electron chi connectivity index (χ2n) is 3.90. The molecule has 0 amide bonds. The number of hydrogen-bond acceptors (Lipinski definition) is 2. The third-order valence-corrected chi connectivity index (χ3v) is 2.86. The Hall–Kier alpha value is -0.730. The maximum absolute atomic E-state index is 6.16. The average Bonchev–Trinajstić information content (AvgIpc) is 2.43. The maximum Gasteiger partial charge on any atom is 0.122 e. The van der Waals surface area contributed by atoms with E-state index in [4.69, 9.17) is 10.5 Å². The lowest BCUT2D eigenvalue weighted by molar-refractivity contribution is 0.410. The molecule has 0 aromatic heterocycles. The Kier molecular flexibility index (Phi) is 3.07. The van der Waals surface area contributed by atoms with E-state index in [0.717, 1.165) is 18.6 Å². The summed E-state index contributed by atoms with van der Waals surface area (Å²) in [7, 11) is 1.71. The molecule has 1 aliphatic rings. The molecule has 2 rings (SSSR count). The summed E-state index contributed by atoms with van der Waals surface area (Å²) in [5, 5.41) is 0. The van der Waals surface area contributed by atoms with Gasteiger partial charge in [-0.3, -0.25) is 0 Å². The number of benzene rings is 1. The van der Waals surface area contributed by atoms with Gasteiger partial charge in [0.05, 0.1) is 7.11 Å². The monoisotopic (exact) mass is 213 g/mol. The Morgan fingerprint density at radius 3 is 2.79 bits per heavy atom. The Balaban J connectivity index is 0.000000980. The number of fused-ring (bicyclic) bond motifs is 1. The van der Waals surface area contributed by atoms with E-state index < -0.39 is 0 Å². The molecule has 1 aromatic carbocycles. The Labute approximate surface area is 90.9 Å². The highest BCUT2D eigenvalue weighted by molar-refractivity contribution is 5.85. The lowest BCUT2D eigenvalue weighted by Gasteiger charge is -2.19. The SMILES string of the molecule is COc1cccc2c1CCC2(C)N.Cl. The maximum atomic E-state index is 6.16. The van der Waals surface area contributed by atoms with Gasteiger partial charge in [0, 0.05) is 5.54 Å². The van der Waals surface area contributed by atoms with E-state index in [1.807, 2.05) is 12.1 Å². The molecule has 0 saturated carbocycles. The molecule has 1 aliphatic carbocycles. The van der Waals surface area contributed by atoms with Crippen molar-refractivity contribution in [1.29, 1.82) is 0 Å². The van der Waals surface area contributed by atoms with E-state index in [1.165, 1.54) is 11.1 Å². The number of nitrogens with two attached hydrogens (primary N) is 1. The average molecular weight is 214 g/mol. The summed E-state index contributed by atoms with van der Waals surface area (Å²) < 4.78 is 5.29. The summed E-state index contributed by atoms with van der Waals surface area (Å²) in [6.07, 6.45) is 2.05. The molecular weight excluding hydrogens is 198 g/mol. The van der Waals surface area contributed by atoms with E-state index in [9.17, 15) is 0 Å². The molecule has 0 radical (unpaired) electrons. The number of halogens is 1. The summed E-state index contributed by atoms with van der Waals surface area (Å²) >= 11 is 0. The van der Waals surface area contributed by atoms with Gasteiger partial charge in [-0.1, -0.05) is 12.1 Å². The fourth-order valence-electron chi connectivity index (χ4n) is 2.07. The number of methoxy groups -OCH3 is 1. The first-order valence-electron chi connectivity index (χ1n) is 4.60. The highest BCUT2D eigenvalue weighted by atomic mass is 35.5. The first-order valence-corrected chi connectivity index (χ1v) is 4.60. The molecule has 0 fully saturated rings. The third kappa shape index (κ3) is 1.60. The molecule has 0 bridgehead atoms. The van der Waals surface area contributed by atoms with Crippen LogP contribution in [0.2, 0.25) is 0 Å². The second kappa shape index (κ2) is 3.79. The van der Waals surface area contributed by atoms with Crippen LogP contribution >= 0.6 is 12.4 Å². The van der Waals surface area contributed by atoms with Crippen molar-refractivity contribution in [3.63, 3.8) is 0 Å². The van der Waals surface area contributed by atoms with Crippen LogP contribution in [0.4, 0.5) is 0 Å². The molecule has 0 aliphatic heterocycles. The minimum Gasteiger partial charge on any atom is -0.496 e. The zero-order valence-corrected chi connectivity index (χ0v) is 9.36. The molecule has 0 spiro atoms. The van der Waals surface area contributed by atoms with Crippen LogP contribution in [-0.2, 0) is 12.0 Å². The lowest BCUT2D eigenvalue weighted by atomic mass is 9.96. The minimum absolute atomic E-state index is 0. The van der Waals surface area contributed by atoms with Crippen LogP contribution in [0.15, 0.2) is 18.2 Å². The lowest BCUT2D eigenvalue weighted by Crippen LogP contribution is -2.29. The first-order chi connectivity index (χ1) is 6.15. The van der Waals surface area contributed by atoms with Crippen LogP contribution in [0.1, 0.15) is 24.5 Å². The molecule has 3 heteroatoms. The molecule has 78 valence electrons. The van der Waals surface area contributed by atoms with Gasteiger partial charge in [-0.15, -0.1) is 12.4 Å². The van der Waals surface area contributed by atoms with Gasteiger partial charge >= 0.3 is 0 Å². The number of hydrogen-bond donors (Lipinski definition) is 1. The molecule has 0 saturated heterocycles. The van der Waals surface area contributed by atoms with Crippen molar-refractivity contribution in [1.82, 2.24) is 0 Å². The van der Waals surface area contributed by atoms with Crippen LogP contribution in [0.3, 0.4) is 0 Å². The normalized spacial score (nSPS) is 23.9. The second-order valence-corrected chi connectivity index (χ2v) is 3.90. The van der Waals surface area contributed by atoms with Crippen LogP contribution in [0, 0.1) is 0 Å². The van der Waals surface area contributed by atoms with Gasteiger partial charge in [0.1, 0.15) is 5.75 Å². The fraction of sp³-hybridized carbons (Fsp3) is 0.455. The molecular formula is C11H16ClNO. The molecule has 2 nitrogen and oxygen atoms in total. The zero-order valence-electron chi connectivity index (χ0n) is 8.54. The molecule has 1 unspecified atom stereocenters. The van der Waals surface area contributed by atoms with Gasteiger partial charge < -0.3 is 10.5 Å². The summed E-state index contributed by atoms with van der Waals surface area (Å²) in [6.45, 7) is 2.08. The van der Waals surface area contributed by atoms with Crippen molar-refractivity contribution in [2.75, 3.05) is 7.11 Å². The van der Waals surface area contributed by atoms with Crippen molar-refractivity contribution in [2.45, 2.75) is 25.3 Å². The molecule has 1 atom stereocenters. The zero-order chi connectivity index (χ0) is 9.47. The predicted octanol–water partition coefficient (Wildman–Crippen LogP) is 2.24. The van der Waals surface area contributed by atoms with Crippen molar-refractivity contribution in [3.05, 3.63) is 29.3 Å². The van der Waals surface area contributed by atoms with E-state index in [-0.39, 0.29) is 17.9 Å². The van der Waals surface area contributed by atoms with Gasteiger partial charge in [0.15, 0.2) is 0 Å². The Morgan fingerprint density at radius 2 is 2.14 bits per heavy atom. The van der Waals surface area contributed by atoms with Gasteiger partial charge in [-0.05, 0) is 37.0 Å². The molecule has 1 aromatic rings. The van der Waals surface area contributed by atoms with Gasteiger partial charge in [0.25, 0.3) is 0 Å². The fourth-order valence-corrected chi connectivity index (χ4v) is 2.07. The van der Waals surface area contributed by atoms with Crippen LogP contribution < -0.4 is 10.5 Å². The van der Waals surface area contributed by atoms with E-state index in [0.29, 0.717) is 0 Å². The number of rotatable bonds is 1. The molecule has 0 heterocycles. The summed E-state index contributed by atoms with van der Waals surface area (Å²) in [4.78, 5) is 0.